The number of fused-ring (bicyclic) bond motifs is 3. The molecule has 4 heteroatoms. The van der Waals surface area contributed by atoms with E-state index in [2.05, 4.69) is 251 Å². The second-order valence-electron chi connectivity index (χ2n) is 20.0. The van der Waals surface area contributed by atoms with Gasteiger partial charge in [0.25, 0.3) is 0 Å². The van der Waals surface area contributed by atoms with E-state index in [1.54, 1.807) is 0 Å². The van der Waals surface area contributed by atoms with E-state index in [0.29, 0.717) is 5.69 Å². The zero-order valence-electron chi connectivity index (χ0n) is 44.0. The fourth-order valence-corrected chi connectivity index (χ4v) is 11.4. The van der Waals surface area contributed by atoms with E-state index in [9.17, 15) is 5.11 Å². The molecule has 0 bridgehead atoms. The van der Waals surface area contributed by atoms with E-state index in [-0.39, 0.29) is 5.75 Å². The first-order valence-electron chi connectivity index (χ1n) is 26.6. The quantitative estimate of drug-likeness (QED) is 0.0923. The highest BCUT2D eigenvalue weighted by Crippen LogP contribution is 2.51. The van der Waals surface area contributed by atoms with Crippen molar-refractivity contribution in [2.45, 2.75) is 54.4 Å². The number of aryl methyl sites for hydroxylation is 5. The highest BCUT2D eigenvalue weighted by Gasteiger charge is 2.26. The topological polar surface area (TPSA) is 39.9 Å². The Morgan fingerprint density at radius 2 is 1.08 bits per heavy atom. The third-order valence-electron chi connectivity index (χ3n) is 15.6. The average molecular weight is 985 g/mol. The van der Waals surface area contributed by atoms with E-state index in [1.165, 1.54) is 38.8 Å². The van der Waals surface area contributed by atoms with E-state index in [4.69, 9.17) is 4.42 Å². The Morgan fingerprint density at radius 1 is 0.487 bits per heavy atom. The molecule has 370 valence electrons. The highest BCUT2D eigenvalue weighted by atomic mass is 16.3. The van der Waals surface area contributed by atoms with Gasteiger partial charge in [0.05, 0.1) is 22.7 Å². The van der Waals surface area contributed by atoms with Crippen LogP contribution in [0.25, 0.3) is 77.0 Å². The maximum absolute atomic E-state index is 12.6. The van der Waals surface area contributed by atoms with Gasteiger partial charge < -0.3 is 19.3 Å². The molecule has 0 aliphatic rings. The van der Waals surface area contributed by atoms with Gasteiger partial charge in [0.1, 0.15) is 11.3 Å². The number of phenolic OH excluding ortho intramolecular Hbond substituents is 1. The summed E-state index contributed by atoms with van der Waals surface area (Å²) in [7, 11) is 0. The highest BCUT2D eigenvalue weighted by molar-refractivity contribution is 6.28. The number of nitrogens with zero attached hydrogens (tertiary/aromatic N) is 2. The number of benzene rings is 11. The number of allylic oxidation sites excluding steroid dienone is 5. The summed E-state index contributed by atoms with van der Waals surface area (Å²) in [5.74, 6) is 0.208. The van der Waals surface area contributed by atoms with Crippen LogP contribution in [0.3, 0.4) is 0 Å². The molecule has 12 aromatic rings. The van der Waals surface area contributed by atoms with Gasteiger partial charge in [0.2, 0.25) is 0 Å². The van der Waals surface area contributed by atoms with Gasteiger partial charge in [-0.2, -0.15) is 0 Å². The lowest BCUT2D eigenvalue weighted by molar-refractivity contribution is 0.475. The molecule has 0 atom stereocenters. The second kappa shape index (κ2) is 20.0. The second-order valence-corrected chi connectivity index (χ2v) is 20.0. The lowest BCUT2D eigenvalue weighted by Crippen LogP contribution is -2.12. The molecule has 0 saturated carbocycles. The van der Waals surface area contributed by atoms with Crippen LogP contribution in [0, 0.1) is 20.8 Å². The van der Waals surface area contributed by atoms with Crippen molar-refractivity contribution in [3.05, 3.63) is 257 Å². The number of rotatable bonds is 13. The molecule has 11 aromatic carbocycles. The Balaban J connectivity index is 1.04. The van der Waals surface area contributed by atoms with Crippen molar-refractivity contribution in [2.75, 3.05) is 9.80 Å². The molecule has 1 N–H and O–H groups in total. The molecule has 0 unspecified atom stereocenters. The number of hydrogen-bond acceptors (Lipinski definition) is 4. The van der Waals surface area contributed by atoms with Crippen molar-refractivity contribution < 1.29 is 9.52 Å². The summed E-state index contributed by atoms with van der Waals surface area (Å²) in [4.78, 5) is 4.62. The fraction of sp³-hybridized carbons (Fsp3) is 0.111. The Kier molecular flexibility index (Phi) is 12.6. The summed E-state index contributed by atoms with van der Waals surface area (Å²) < 4.78 is 7.22. The molecular formula is C72H60N2O2. The molecule has 0 fully saturated rings. The van der Waals surface area contributed by atoms with Crippen LogP contribution in [0.1, 0.15) is 59.7 Å². The number of furan rings is 1. The minimum Gasteiger partial charge on any atom is -0.505 e. The molecule has 76 heavy (non-hydrogen) atoms. The Bertz CT molecular complexity index is 4260. The summed E-state index contributed by atoms with van der Waals surface area (Å²) in [5.41, 5.74) is 18.8. The molecule has 0 aliphatic heterocycles. The van der Waals surface area contributed by atoms with Crippen molar-refractivity contribution >= 4 is 100 Å². The van der Waals surface area contributed by atoms with Gasteiger partial charge in [0, 0.05) is 44.0 Å². The predicted octanol–water partition coefficient (Wildman–Crippen LogP) is 20.5. The summed E-state index contributed by atoms with van der Waals surface area (Å²) in [6, 6.07) is 69.8. The Morgan fingerprint density at radius 3 is 1.78 bits per heavy atom. The molecular weight excluding hydrogens is 925 g/mol. The molecule has 12 rings (SSSR count). The summed E-state index contributed by atoms with van der Waals surface area (Å²) in [6.07, 6.45) is 12.3. The van der Waals surface area contributed by atoms with Gasteiger partial charge in [-0.1, -0.05) is 195 Å². The maximum atomic E-state index is 12.6. The van der Waals surface area contributed by atoms with Crippen LogP contribution in [-0.4, -0.2) is 5.11 Å². The number of phenols is 1. The van der Waals surface area contributed by atoms with E-state index < -0.39 is 0 Å². The smallest absolute Gasteiger partial charge is 0.159 e. The van der Waals surface area contributed by atoms with E-state index in [1.807, 2.05) is 25.1 Å². The summed E-state index contributed by atoms with van der Waals surface area (Å²) in [6.45, 7) is 12.9. The SMILES string of the molecule is C\C=C(/C=C\C=C\c1ccccc1CC)c1cccc(N(c2ccc(C)cc2)c2ccc3ccc4c(N(c5ccc(C)c(C)c5)c5cccc6c5oc5c(-c7ccccc7CC)cccc56)ccc5ccc2c3c54)c1O. The molecule has 0 spiro atoms. The summed E-state index contributed by atoms with van der Waals surface area (Å²) >= 11 is 0. The molecule has 0 amide bonds. The monoisotopic (exact) mass is 984 g/mol. The lowest BCUT2D eigenvalue weighted by Gasteiger charge is -2.30. The molecule has 0 radical (unpaired) electrons. The first kappa shape index (κ1) is 47.9. The number of aromatic hydroxyl groups is 1. The minimum atomic E-state index is 0.208. The first-order chi connectivity index (χ1) is 37.2. The van der Waals surface area contributed by atoms with Crippen molar-refractivity contribution in [3.8, 4) is 16.9 Å². The number of hydrogen-bond donors (Lipinski definition) is 1. The maximum Gasteiger partial charge on any atom is 0.159 e. The zero-order chi connectivity index (χ0) is 52.0. The van der Waals surface area contributed by atoms with Crippen LogP contribution in [0.4, 0.5) is 34.1 Å². The van der Waals surface area contributed by atoms with Gasteiger partial charge in [0.15, 0.2) is 5.58 Å². The van der Waals surface area contributed by atoms with Crippen LogP contribution in [0.5, 0.6) is 5.75 Å². The van der Waals surface area contributed by atoms with Gasteiger partial charge in [-0.3, -0.25) is 0 Å². The number of anilines is 6. The van der Waals surface area contributed by atoms with Gasteiger partial charge in [-0.15, -0.1) is 0 Å². The first-order valence-corrected chi connectivity index (χ1v) is 26.6. The molecule has 0 aliphatic carbocycles. The largest absolute Gasteiger partial charge is 0.505 e. The molecule has 0 saturated heterocycles. The fourth-order valence-electron chi connectivity index (χ4n) is 11.4. The third kappa shape index (κ3) is 8.27. The van der Waals surface area contributed by atoms with Crippen LogP contribution in [0.2, 0.25) is 0 Å². The van der Waals surface area contributed by atoms with Crippen molar-refractivity contribution in [1.29, 1.82) is 0 Å². The van der Waals surface area contributed by atoms with E-state index in [0.717, 1.165) is 112 Å². The Labute approximate surface area is 445 Å². The van der Waals surface area contributed by atoms with Gasteiger partial charge in [-0.05, 0) is 150 Å². The van der Waals surface area contributed by atoms with Crippen LogP contribution < -0.4 is 9.80 Å². The van der Waals surface area contributed by atoms with Crippen LogP contribution in [-0.2, 0) is 12.8 Å². The van der Waals surface area contributed by atoms with E-state index >= 15 is 0 Å². The zero-order valence-corrected chi connectivity index (χ0v) is 44.0. The van der Waals surface area contributed by atoms with Gasteiger partial charge in [-0.25, -0.2) is 0 Å². The minimum absolute atomic E-state index is 0.208. The predicted molar refractivity (Wildman–Crippen MR) is 325 cm³/mol. The standard InChI is InChI=1S/C72H60N2O2/c1-7-49-19-10-12-22-52(49)23-13-11-21-51(9-3)58-25-17-29-66(70(58)75)73(55-38-31-46(4)32-39-55)64-43-36-53-35-42-63-65(44-37-54-34-41-62(64)68(53)69(54)63)74(56-40-33-47(5)48(6)45-56)67-30-18-28-61-60-27-16-26-59(71(60)76-72(61)67)57-24-15-14-20-50(57)8-2/h9-45,75H,7-8H2,1-6H3/b21-11-,23-13+,51-9+. The normalized spacial score (nSPS) is 12.2. The van der Waals surface area contributed by atoms with Gasteiger partial charge >= 0.3 is 0 Å². The lowest BCUT2D eigenvalue weighted by atomic mass is 9.91. The molecule has 1 aromatic heterocycles. The average Bonchev–Trinajstić information content (AvgIpc) is 3.86. The molecule has 4 nitrogen and oxygen atoms in total. The van der Waals surface area contributed by atoms with Crippen LogP contribution in [0.15, 0.2) is 223 Å². The third-order valence-corrected chi connectivity index (χ3v) is 15.6. The number of para-hydroxylation sites is 3. The van der Waals surface area contributed by atoms with Crippen molar-refractivity contribution in [3.63, 3.8) is 0 Å². The van der Waals surface area contributed by atoms with Crippen molar-refractivity contribution in [1.82, 2.24) is 0 Å². The van der Waals surface area contributed by atoms with Crippen LogP contribution >= 0.6 is 0 Å². The summed E-state index contributed by atoms with van der Waals surface area (Å²) in [5, 5.41) is 21.6. The molecule has 1 heterocycles. The Hall–Kier alpha value is -9.12. The van der Waals surface area contributed by atoms with Crippen molar-refractivity contribution in [2.24, 2.45) is 0 Å².